The van der Waals surface area contributed by atoms with Crippen LogP contribution in [0, 0.1) is 0 Å². The van der Waals surface area contributed by atoms with Crippen molar-refractivity contribution in [1.82, 2.24) is 0 Å². The van der Waals surface area contributed by atoms with E-state index in [0.717, 1.165) is 30.9 Å². The van der Waals surface area contributed by atoms with Gasteiger partial charge in [-0.2, -0.15) is 13.2 Å². The van der Waals surface area contributed by atoms with Crippen LogP contribution in [0.5, 0.6) is 0 Å². The number of nitrogens with zero attached hydrogens (tertiary/aromatic N) is 2. The zero-order chi connectivity index (χ0) is 16.7. The third-order valence-corrected chi connectivity index (χ3v) is 5.01. The van der Waals surface area contributed by atoms with Gasteiger partial charge in [0, 0.05) is 24.8 Å². The van der Waals surface area contributed by atoms with E-state index in [2.05, 4.69) is 21.9 Å². The Bertz CT molecular complexity index is 724. The molecule has 0 spiro atoms. The number of halogens is 3. The topological polar surface area (TPSA) is 6.48 Å². The molecule has 5 heteroatoms. The van der Waals surface area contributed by atoms with E-state index in [1.54, 1.807) is 12.1 Å². The molecule has 2 aromatic rings. The quantitative estimate of drug-likeness (QED) is 0.707. The molecule has 0 saturated carbocycles. The molecule has 2 aliphatic rings. The first-order valence-electron chi connectivity index (χ1n) is 8.34. The number of piperidine rings is 1. The van der Waals surface area contributed by atoms with Gasteiger partial charge in [0.2, 0.25) is 0 Å². The third-order valence-electron chi connectivity index (χ3n) is 5.01. The van der Waals surface area contributed by atoms with E-state index >= 15 is 0 Å². The van der Waals surface area contributed by atoms with Gasteiger partial charge in [-0.3, -0.25) is 0 Å². The molecule has 1 atom stereocenters. The molecular formula is C19H19F3N2. The van der Waals surface area contributed by atoms with Crippen LogP contribution in [0.25, 0.3) is 0 Å². The van der Waals surface area contributed by atoms with Crippen molar-refractivity contribution in [2.45, 2.75) is 31.5 Å². The Morgan fingerprint density at radius 2 is 1.58 bits per heavy atom. The van der Waals surface area contributed by atoms with Crippen molar-refractivity contribution < 1.29 is 13.2 Å². The molecule has 0 N–H and O–H groups in total. The summed E-state index contributed by atoms with van der Waals surface area (Å²) in [7, 11) is 0. The van der Waals surface area contributed by atoms with E-state index in [1.807, 2.05) is 12.1 Å². The second-order valence-electron chi connectivity index (χ2n) is 6.49. The Morgan fingerprint density at radius 3 is 2.29 bits per heavy atom. The van der Waals surface area contributed by atoms with Crippen molar-refractivity contribution >= 4 is 17.1 Å². The standard InChI is InChI=1S/C19H19F3N2/c20-19(21,22)14-8-10-15(11-9-14)24-13-16-5-3-4-12-23(16)17-6-1-2-7-18(17)24/h1-2,6-11,16H,3-5,12-13H2. The van der Waals surface area contributed by atoms with Crippen LogP contribution in [0.2, 0.25) is 0 Å². The molecular weight excluding hydrogens is 313 g/mol. The number of rotatable bonds is 1. The molecule has 126 valence electrons. The lowest BCUT2D eigenvalue weighted by molar-refractivity contribution is -0.137. The second-order valence-corrected chi connectivity index (χ2v) is 6.49. The smallest absolute Gasteiger partial charge is 0.365 e. The van der Waals surface area contributed by atoms with Gasteiger partial charge in [-0.05, 0) is 55.7 Å². The van der Waals surface area contributed by atoms with Crippen LogP contribution in [-0.4, -0.2) is 19.1 Å². The number of hydrogen-bond acceptors (Lipinski definition) is 2. The van der Waals surface area contributed by atoms with Gasteiger partial charge in [-0.1, -0.05) is 12.1 Å². The lowest BCUT2D eigenvalue weighted by Crippen LogP contribution is -2.49. The van der Waals surface area contributed by atoms with Gasteiger partial charge in [0.15, 0.2) is 0 Å². The van der Waals surface area contributed by atoms with E-state index in [9.17, 15) is 13.2 Å². The highest BCUT2D eigenvalue weighted by Gasteiger charge is 2.34. The summed E-state index contributed by atoms with van der Waals surface area (Å²) >= 11 is 0. The predicted octanol–water partition coefficient (Wildman–Crippen LogP) is 5.22. The highest BCUT2D eigenvalue weighted by atomic mass is 19.4. The lowest BCUT2D eigenvalue weighted by Gasteiger charge is -2.47. The Hall–Kier alpha value is -2.17. The Balaban J connectivity index is 1.72. The van der Waals surface area contributed by atoms with Crippen molar-refractivity contribution in [3.63, 3.8) is 0 Å². The number of hydrogen-bond donors (Lipinski definition) is 0. The minimum Gasteiger partial charge on any atom is -0.365 e. The largest absolute Gasteiger partial charge is 0.416 e. The van der Waals surface area contributed by atoms with Gasteiger partial charge in [0.25, 0.3) is 0 Å². The molecule has 0 radical (unpaired) electrons. The van der Waals surface area contributed by atoms with Crippen molar-refractivity contribution in [3.8, 4) is 0 Å². The maximum atomic E-state index is 12.8. The molecule has 0 aromatic heterocycles. The zero-order valence-electron chi connectivity index (χ0n) is 13.3. The third kappa shape index (κ3) is 2.62. The molecule has 2 heterocycles. The van der Waals surface area contributed by atoms with Gasteiger partial charge in [0.05, 0.1) is 16.9 Å². The van der Waals surface area contributed by atoms with Crippen LogP contribution < -0.4 is 9.80 Å². The van der Waals surface area contributed by atoms with Crippen molar-refractivity contribution in [2.75, 3.05) is 22.9 Å². The van der Waals surface area contributed by atoms with E-state index in [1.165, 1.54) is 30.7 Å². The first kappa shape index (κ1) is 15.4. The van der Waals surface area contributed by atoms with Gasteiger partial charge in [-0.15, -0.1) is 0 Å². The highest BCUT2D eigenvalue weighted by Crippen LogP contribution is 2.42. The van der Waals surface area contributed by atoms with Crippen LogP contribution in [0.3, 0.4) is 0 Å². The van der Waals surface area contributed by atoms with Crippen LogP contribution in [-0.2, 0) is 6.18 Å². The van der Waals surface area contributed by atoms with Crippen LogP contribution >= 0.6 is 0 Å². The van der Waals surface area contributed by atoms with Crippen molar-refractivity contribution in [1.29, 1.82) is 0 Å². The predicted molar refractivity (Wildman–Crippen MR) is 89.9 cm³/mol. The summed E-state index contributed by atoms with van der Waals surface area (Å²) < 4.78 is 38.4. The van der Waals surface area contributed by atoms with E-state index < -0.39 is 11.7 Å². The van der Waals surface area contributed by atoms with Crippen molar-refractivity contribution in [3.05, 3.63) is 54.1 Å². The van der Waals surface area contributed by atoms with E-state index in [-0.39, 0.29) is 0 Å². The average molecular weight is 332 g/mol. The molecule has 1 saturated heterocycles. The fourth-order valence-electron chi connectivity index (χ4n) is 3.83. The minimum absolute atomic E-state index is 0.427. The summed E-state index contributed by atoms with van der Waals surface area (Å²) in [6.07, 6.45) is -0.751. The summed E-state index contributed by atoms with van der Waals surface area (Å²) in [6.45, 7) is 1.88. The molecule has 0 bridgehead atoms. The summed E-state index contributed by atoms with van der Waals surface area (Å²) in [5, 5.41) is 0. The second kappa shape index (κ2) is 5.72. The maximum absolute atomic E-state index is 12.8. The lowest BCUT2D eigenvalue weighted by atomic mass is 9.96. The van der Waals surface area contributed by atoms with Crippen molar-refractivity contribution in [2.24, 2.45) is 0 Å². The summed E-state index contributed by atoms with van der Waals surface area (Å²) in [6, 6.07) is 14.1. The monoisotopic (exact) mass is 332 g/mol. The summed E-state index contributed by atoms with van der Waals surface area (Å²) in [5.74, 6) is 0. The van der Waals surface area contributed by atoms with Crippen LogP contribution in [0.4, 0.5) is 30.2 Å². The number of alkyl halides is 3. The first-order chi connectivity index (χ1) is 11.5. The van der Waals surface area contributed by atoms with Gasteiger partial charge in [-0.25, -0.2) is 0 Å². The fourth-order valence-corrected chi connectivity index (χ4v) is 3.83. The molecule has 2 nitrogen and oxygen atoms in total. The molecule has 0 aliphatic carbocycles. The maximum Gasteiger partial charge on any atom is 0.416 e. The molecule has 24 heavy (non-hydrogen) atoms. The Morgan fingerprint density at radius 1 is 0.875 bits per heavy atom. The van der Waals surface area contributed by atoms with Gasteiger partial charge < -0.3 is 9.80 Å². The first-order valence-corrected chi connectivity index (χ1v) is 8.34. The van der Waals surface area contributed by atoms with Gasteiger partial charge in [0.1, 0.15) is 0 Å². The Kier molecular flexibility index (Phi) is 3.66. The van der Waals surface area contributed by atoms with Gasteiger partial charge >= 0.3 is 6.18 Å². The fraction of sp³-hybridized carbons (Fsp3) is 0.368. The molecule has 1 fully saturated rings. The SMILES string of the molecule is FC(F)(F)c1ccc(N2CC3CCCCN3c3ccccc32)cc1. The molecule has 2 aromatic carbocycles. The molecule has 0 amide bonds. The molecule has 2 aliphatic heterocycles. The molecule has 4 rings (SSSR count). The normalized spacial score (nSPS) is 20.5. The van der Waals surface area contributed by atoms with E-state index in [4.69, 9.17) is 0 Å². The highest BCUT2D eigenvalue weighted by molar-refractivity contribution is 5.80. The van der Waals surface area contributed by atoms with E-state index in [0.29, 0.717) is 6.04 Å². The van der Waals surface area contributed by atoms with Crippen LogP contribution in [0.1, 0.15) is 24.8 Å². The summed E-state index contributed by atoms with van der Waals surface area (Å²) in [5.41, 5.74) is 2.49. The number of para-hydroxylation sites is 2. The minimum atomic E-state index is -4.29. The number of anilines is 3. The average Bonchev–Trinajstić information content (AvgIpc) is 2.60. The van der Waals surface area contributed by atoms with Crippen LogP contribution in [0.15, 0.2) is 48.5 Å². The molecule has 1 unspecified atom stereocenters. The summed E-state index contributed by atoms with van der Waals surface area (Å²) in [4.78, 5) is 4.61. The number of benzene rings is 2. The zero-order valence-corrected chi connectivity index (χ0v) is 13.3. The Labute approximate surface area is 139 Å². The number of fused-ring (bicyclic) bond motifs is 3.